The number of carbonyl (C=O) groups is 2. The fourth-order valence-corrected chi connectivity index (χ4v) is 4.33. The van der Waals surface area contributed by atoms with E-state index in [2.05, 4.69) is 23.8 Å². The van der Waals surface area contributed by atoms with Gasteiger partial charge >= 0.3 is 0 Å². The molecule has 0 spiro atoms. The highest BCUT2D eigenvalue weighted by Gasteiger charge is 2.17. The molecule has 200 valence electrons. The normalized spacial score (nSPS) is 11.1. The third-order valence-electron chi connectivity index (χ3n) is 5.27. The molecular weight excluding hydrogens is 641 g/mol. The number of nitrogen functional groups attached to an aromatic ring is 1. The maximum Gasteiger partial charge on any atom is 0.275 e. The predicted octanol–water partition coefficient (Wildman–Crippen LogP) is 4.89. The van der Waals surface area contributed by atoms with Gasteiger partial charge in [0.2, 0.25) is 5.95 Å². The number of hydrogen-bond donors (Lipinski definition) is 3. The molecule has 9 nitrogen and oxygen atoms in total. The monoisotopic (exact) mass is 662 g/mol. The van der Waals surface area contributed by atoms with Crippen LogP contribution in [0.25, 0.3) is 21.7 Å². The van der Waals surface area contributed by atoms with E-state index in [-0.39, 0.29) is 31.4 Å². The van der Waals surface area contributed by atoms with E-state index in [1.807, 2.05) is 0 Å². The molecule has 13 heteroatoms. The molecule has 2 aromatic heterocycles. The molecule has 2 aromatic carbocycles. The van der Waals surface area contributed by atoms with Crippen LogP contribution < -0.4 is 14.6 Å². The van der Waals surface area contributed by atoms with Crippen LogP contribution in [0, 0.1) is 11.8 Å². The first-order valence-electron chi connectivity index (χ1n) is 11.4. The molecule has 4 N–H and O–H groups in total. The van der Waals surface area contributed by atoms with Crippen molar-refractivity contribution in [3.63, 3.8) is 0 Å². The van der Waals surface area contributed by atoms with E-state index >= 15 is 0 Å². The number of nitrogens with two attached hydrogens (primary N) is 1. The summed E-state index contributed by atoms with van der Waals surface area (Å²) in [4.78, 5) is 36.6. The number of anilines is 2. The first-order valence-corrected chi connectivity index (χ1v) is 13.3. The second kappa shape index (κ2) is 13.3. The third kappa shape index (κ3) is 7.61. The van der Waals surface area contributed by atoms with Crippen molar-refractivity contribution < 1.29 is 23.1 Å². The minimum absolute atomic E-state index is 0.0703. The summed E-state index contributed by atoms with van der Waals surface area (Å²) in [5.74, 6) is -1.74. The molecule has 39 heavy (non-hydrogen) atoms. The predicted molar refractivity (Wildman–Crippen MR) is 155 cm³/mol. The average molecular weight is 662 g/mol. The minimum Gasteiger partial charge on any atom is -0.398 e. The Balaban J connectivity index is 1.57. The van der Waals surface area contributed by atoms with Gasteiger partial charge in [-0.1, -0.05) is 12.1 Å². The molecule has 0 atom stereocenters. The Morgan fingerprint density at radius 3 is 2.62 bits per heavy atom. The molecule has 2 heterocycles. The largest absolute Gasteiger partial charge is 0.398 e. The van der Waals surface area contributed by atoms with Gasteiger partial charge in [-0.05, 0) is 42.0 Å². The summed E-state index contributed by atoms with van der Waals surface area (Å²) >= 11 is 2.95. The molecule has 0 bridgehead atoms. The lowest BCUT2D eigenvalue weighted by molar-refractivity contribution is -0.123. The van der Waals surface area contributed by atoms with Crippen molar-refractivity contribution in [2.24, 2.45) is 4.99 Å². The SMILES string of the molecule is Nc1cc(-c2ccc(F)cc2)c(NC(=O)c2csc(-c3ccc(F)nc3)n2)cc1C=NCCOCC(=O)NI. The van der Waals surface area contributed by atoms with Gasteiger partial charge in [0.15, 0.2) is 0 Å². The Kier molecular flexibility index (Phi) is 9.62. The van der Waals surface area contributed by atoms with Crippen molar-refractivity contribution in [3.8, 4) is 21.7 Å². The van der Waals surface area contributed by atoms with Gasteiger partial charge in [-0.25, -0.2) is 14.4 Å². The molecule has 4 aromatic rings. The summed E-state index contributed by atoms with van der Waals surface area (Å²) in [6, 6.07) is 11.9. The molecule has 2 amide bonds. The van der Waals surface area contributed by atoms with Gasteiger partial charge in [0.25, 0.3) is 11.8 Å². The van der Waals surface area contributed by atoms with Crippen LogP contribution in [0.4, 0.5) is 20.2 Å². The van der Waals surface area contributed by atoms with Crippen LogP contribution in [0.15, 0.2) is 65.1 Å². The van der Waals surface area contributed by atoms with Gasteiger partial charge in [0.05, 0.1) is 36.0 Å². The van der Waals surface area contributed by atoms with Crippen LogP contribution >= 0.6 is 34.2 Å². The molecule has 0 saturated heterocycles. The highest BCUT2D eigenvalue weighted by molar-refractivity contribution is 14.1. The summed E-state index contributed by atoms with van der Waals surface area (Å²) in [6.45, 7) is 0.446. The summed E-state index contributed by atoms with van der Waals surface area (Å²) in [7, 11) is 0. The number of carbonyl (C=O) groups excluding carboxylic acids is 2. The minimum atomic E-state index is -0.611. The van der Waals surface area contributed by atoms with Crippen molar-refractivity contribution in [1.82, 2.24) is 13.5 Å². The number of hydrogen-bond acceptors (Lipinski definition) is 8. The lowest BCUT2D eigenvalue weighted by Gasteiger charge is -2.14. The molecule has 0 unspecified atom stereocenters. The van der Waals surface area contributed by atoms with E-state index in [0.29, 0.717) is 38.6 Å². The van der Waals surface area contributed by atoms with Gasteiger partial charge in [0, 0.05) is 45.9 Å². The Hall–Kier alpha value is -3.82. The van der Waals surface area contributed by atoms with E-state index in [9.17, 15) is 18.4 Å². The van der Waals surface area contributed by atoms with E-state index in [0.717, 1.165) is 0 Å². The van der Waals surface area contributed by atoms with Crippen LogP contribution in [0.3, 0.4) is 0 Å². The zero-order chi connectivity index (χ0) is 27.8. The molecule has 0 radical (unpaired) electrons. The van der Waals surface area contributed by atoms with Crippen molar-refractivity contribution in [2.45, 2.75) is 0 Å². The second-order valence-corrected chi connectivity index (χ2v) is 9.40. The average Bonchev–Trinajstić information content (AvgIpc) is 3.43. The summed E-state index contributed by atoms with van der Waals surface area (Å²) in [5.41, 5.74) is 9.56. The highest BCUT2D eigenvalue weighted by Crippen LogP contribution is 2.33. The van der Waals surface area contributed by atoms with Gasteiger partial charge < -0.3 is 15.8 Å². The first kappa shape index (κ1) is 28.2. The lowest BCUT2D eigenvalue weighted by Crippen LogP contribution is -2.19. The molecule has 0 fully saturated rings. The molecular formula is C26H21F2IN6O3S. The van der Waals surface area contributed by atoms with Gasteiger partial charge in [-0.15, -0.1) is 11.3 Å². The number of thiazole rings is 1. The van der Waals surface area contributed by atoms with Crippen molar-refractivity contribution in [1.29, 1.82) is 0 Å². The number of halogens is 3. The first-order chi connectivity index (χ1) is 18.8. The number of nitrogens with one attached hydrogen (secondary N) is 2. The Morgan fingerprint density at radius 1 is 1.13 bits per heavy atom. The summed E-state index contributed by atoms with van der Waals surface area (Å²) < 4.78 is 34.4. The molecule has 0 aliphatic carbocycles. The van der Waals surface area contributed by atoms with Gasteiger partial charge in [-0.2, -0.15) is 4.39 Å². The fraction of sp³-hybridized carbons (Fsp3) is 0.115. The molecule has 0 aliphatic rings. The van der Waals surface area contributed by atoms with Crippen LogP contribution in [0.5, 0.6) is 0 Å². The van der Waals surface area contributed by atoms with Crippen LogP contribution in [0.2, 0.25) is 0 Å². The Labute approximate surface area is 240 Å². The van der Waals surface area contributed by atoms with Crippen LogP contribution in [-0.2, 0) is 9.53 Å². The number of nitrogens with zero attached hydrogens (tertiary/aromatic N) is 3. The number of rotatable bonds is 10. The van der Waals surface area contributed by atoms with Crippen molar-refractivity contribution in [3.05, 3.63) is 83.1 Å². The summed E-state index contributed by atoms with van der Waals surface area (Å²) in [6.07, 6.45) is 2.89. The topological polar surface area (TPSA) is 132 Å². The molecule has 4 rings (SSSR count). The number of amides is 2. The maximum absolute atomic E-state index is 13.6. The van der Waals surface area contributed by atoms with E-state index in [1.54, 1.807) is 58.7 Å². The van der Waals surface area contributed by atoms with Crippen molar-refractivity contribution in [2.75, 3.05) is 30.8 Å². The number of benzene rings is 2. The lowest BCUT2D eigenvalue weighted by atomic mass is 10.00. The maximum atomic E-state index is 13.6. The Morgan fingerprint density at radius 2 is 1.90 bits per heavy atom. The second-order valence-electron chi connectivity index (χ2n) is 8.00. The number of aromatic nitrogens is 2. The quantitative estimate of drug-likeness (QED) is 0.0554. The van der Waals surface area contributed by atoms with E-state index < -0.39 is 17.7 Å². The summed E-state index contributed by atoms with van der Waals surface area (Å²) in [5, 5.41) is 4.96. The standard InChI is InChI=1S/C26H21F2IN6O3S/c27-18-4-1-15(2-5-18)19-10-20(30)17(11-31-7-8-38-13-24(36)35-29)9-21(19)33-25(37)22-14-39-26(34-22)16-3-6-23(28)32-12-16/h1-6,9-12,14H,7-8,13,30H2,(H,33,37)(H,35,36). The highest BCUT2D eigenvalue weighted by atomic mass is 127. The van der Waals surface area contributed by atoms with Gasteiger partial charge in [-0.3, -0.25) is 18.1 Å². The van der Waals surface area contributed by atoms with Crippen LogP contribution in [0.1, 0.15) is 16.1 Å². The molecule has 0 saturated carbocycles. The molecule has 0 aliphatic heterocycles. The Bertz CT molecular complexity index is 1500. The third-order valence-corrected chi connectivity index (χ3v) is 6.76. The number of pyridine rings is 1. The van der Waals surface area contributed by atoms with Crippen LogP contribution in [-0.4, -0.2) is 47.8 Å². The van der Waals surface area contributed by atoms with E-state index in [4.69, 9.17) is 10.5 Å². The fourth-order valence-electron chi connectivity index (χ4n) is 3.39. The number of ether oxygens (including phenoxy) is 1. The zero-order valence-corrected chi connectivity index (χ0v) is 23.1. The zero-order valence-electron chi connectivity index (χ0n) is 20.2. The van der Waals surface area contributed by atoms with E-state index in [1.165, 1.54) is 41.8 Å². The van der Waals surface area contributed by atoms with Crippen molar-refractivity contribution >= 4 is 63.6 Å². The van der Waals surface area contributed by atoms with Gasteiger partial charge in [0.1, 0.15) is 23.1 Å². The number of aliphatic imine (C=N–C) groups is 1. The smallest absolute Gasteiger partial charge is 0.275 e.